The predicted molar refractivity (Wildman–Crippen MR) is 79.5 cm³/mol. The lowest BCUT2D eigenvalue weighted by Crippen LogP contribution is -2.23. The summed E-state index contributed by atoms with van der Waals surface area (Å²) in [6.07, 6.45) is 0.993. The molecule has 0 aliphatic carbocycles. The van der Waals surface area contributed by atoms with Crippen LogP contribution in [0.5, 0.6) is 0 Å². The molecule has 0 spiro atoms. The van der Waals surface area contributed by atoms with E-state index in [1.165, 1.54) is 11.8 Å². The summed E-state index contributed by atoms with van der Waals surface area (Å²) in [5, 5.41) is 1.17. The maximum absolute atomic E-state index is 11.2. The van der Waals surface area contributed by atoms with Gasteiger partial charge in [0.2, 0.25) is 5.91 Å². The number of carbonyl (C=O) groups is 1. The van der Waals surface area contributed by atoms with Crippen LogP contribution >= 0.6 is 23.4 Å². The number of rotatable bonds is 5. The van der Waals surface area contributed by atoms with E-state index in [0.717, 1.165) is 29.2 Å². The zero-order valence-electron chi connectivity index (χ0n) is 10.9. The van der Waals surface area contributed by atoms with Crippen molar-refractivity contribution in [3.8, 4) is 0 Å². The standard InChI is InChI=1S/C13H16ClN3OS/c1-3-6-17-11-5-4-9(14)7-10(11)16-13(17)19-8(2)12(15)18/h4-5,7-8H,3,6H2,1-2H3,(H2,15,18)/t8-/m1/s1. The summed E-state index contributed by atoms with van der Waals surface area (Å²) >= 11 is 7.37. The zero-order chi connectivity index (χ0) is 14.0. The second-order valence-electron chi connectivity index (χ2n) is 4.34. The third kappa shape index (κ3) is 3.04. The van der Waals surface area contributed by atoms with E-state index in [4.69, 9.17) is 17.3 Å². The average Bonchev–Trinajstić information content (AvgIpc) is 2.67. The summed E-state index contributed by atoms with van der Waals surface area (Å²) in [5.74, 6) is -0.335. The molecule has 19 heavy (non-hydrogen) atoms. The van der Waals surface area contributed by atoms with Crippen molar-refractivity contribution in [2.45, 2.75) is 37.2 Å². The Labute approximate surface area is 121 Å². The minimum absolute atomic E-state index is 0.303. The average molecular weight is 298 g/mol. The van der Waals surface area contributed by atoms with Crippen LogP contribution in [0.4, 0.5) is 0 Å². The molecule has 0 aliphatic rings. The number of fused-ring (bicyclic) bond motifs is 1. The van der Waals surface area contributed by atoms with E-state index in [0.29, 0.717) is 5.02 Å². The van der Waals surface area contributed by atoms with Crippen molar-refractivity contribution in [1.82, 2.24) is 9.55 Å². The maximum Gasteiger partial charge on any atom is 0.230 e. The first-order valence-electron chi connectivity index (χ1n) is 6.14. The molecular weight excluding hydrogens is 282 g/mol. The molecule has 0 radical (unpaired) electrons. The number of nitrogens with zero attached hydrogens (tertiary/aromatic N) is 2. The highest BCUT2D eigenvalue weighted by Crippen LogP contribution is 2.28. The van der Waals surface area contributed by atoms with Crippen molar-refractivity contribution in [3.05, 3.63) is 23.2 Å². The van der Waals surface area contributed by atoms with Gasteiger partial charge in [-0.2, -0.15) is 0 Å². The van der Waals surface area contributed by atoms with Crippen LogP contribution in [-0.2, 0) is 11.3 Å². The fourth-order valence-corrected chi connectivity index (χ4v) is 2.89. The normalized spacial score (nSPS) is 12.8. The van der Waals surface area contributed by atoms with Crippen LogP contribution in [0.15, 0.2) is 23.4 Å². The Hall–Kier alpha value is -1.20. The molecule has 1 aromatic carbocycles. The first-order chi connectivity index (χ1) is 9.02. The van der Waals surface area contributed by atoms with Crippen LogP contribution < -0.4 is 5.73 Å². The number of hydrogen-bond acceptors (Lipinski definition) is 3. The molecule has 0 saturated carbocycles. The second-order valence-corrected chi connectivity index (χ2v) is 6.09. The Balaban J connectivity index is 2.46. The summed E-state index contributed by atoms with van der Waals surface area (Å²) in [6, 6.07) is 5.64. The largest absolute Gasteiger partial charge is 0.369 e. The fraction of sp³-hybridized carbons (Fsp3) is 0.385. The Morgan fingerprint density at radius 2 is 2.32 bits per heavy atom. The second kappa shape index (κ2) is 5.84. The number of amides is 1. The number of halogens is 1. The summed E-state index contributed by atoms with van der Waals surface area (Å²) in [4.78, 5) is 15.7. The SMILES string of the molecule is CCCn1c(S[C@H](C)C(N)=O)nc2cc(Cl)ccc21. The van der Waals surface area contributed by atoms with Crippen molar-refractivity contribution in [1.29, 1.82) is 0 Å². The van der Waals surface area contributed by atoms with Crippen molar-refractivity contribution in [3.63, 3.8) is 0 Å². The zero-order valence-corrected chi connectivity index (χ0v) is 12.5. The van der Waals surface area contributed by atoms with Gasteiger partial charge >= 0.3 is 0 Å². The first kappa shape index (κ1) is 14.2. The van der Waals surface area contributed by atoms with E-state index < -0.39 is 0 Å². The minimum Gasteiger partial charge on any atom is -0.369 e. The lowest BCUT2D eigenvalue weighted by atomic mass is 10.3. The molecule has 6 heteroatoms. The van der Waals surface area contributed by atoms with Gasteiger partial charge in [-0.1, -0.05) is 30.3 Å². The maximum atomic E-state index is 11.2. The van der Waals surface area contributed by atoms with Gasteiger partial charge in [0.1, 0.15) is 0 Å². The lowest BCUT2D eigenvalue weighted by molar-refractivity contribution is -0.117. The third-order valence-electron chi connectivity index (χ3n) is 2.81. The predicted octanol–water partition coefficient (Wildman–Crippen LogP) is 3.07. The van der Waals surface area contributed by atoms with Gasteiger partial charge in [-0.15, -0.1) is 0 Å². The van der Waals surface area contributed by atoms with Crippen LogP contribution in [0.1, 0.15) is 20.3 Å². The molecule has 1 heterocycles. The summed E-state index contributed by atoms with van der Waals surface area (Å²) in [5.41, 5.74) is 7.19. The highest BCUT2D eigenvalue weighted by atomic mass is 35.5. The van der Waals surface area contributed by atoms with E-state index in [-0.39, 0.29) is 11.2 Å². The summed E-state index contributed by atoms with van der Waals surface area (Å²) in [7, 11) is 0. The molecule has 1 amide bonds. The first-order valence-corrected chi connectivity index (χ1v) is 7.40. The molecule has 2 N–H and O–H groups in total. The van der Waals surface area contributed by atoms with E-state index in [1.54, 1.807) is 6.92 Å². The van der Waals surface area contributed by atoms with Crippen molar-refractivity contribution >= 4 is 40.3 Å². The lowest BCUT2D eigenvalue weighted by Gasteiger charge is -2.09. The number of benzene rings is 1. The van der Waals surface area contributed by atoms with Gasteiger partial charge < -0.3 is 10.3 Å². The monoisotopic (exact) mass is 297 g/mol. The number of imidazole rings is 1. The third-order valence-corrected chi connectivity index (χ3v) is 4.15. The molecule has 2 rings (SSSR count). The Morgan fingerprint density at radius 1 is 1.58 bits per heavy atom. The summed E-state index contributed by atoms with van der Waals surface area (Å²) in [6.45, 7) is 4.75. The highest BCUT2D eigenvalue weighted by molar-refractivity contribution is 8.00. The Bertz CT molecular complexity index is 611. The Kier molecular flexibility index (Phi) is 4.37. The molecule has 2 aromatic rings. The smallest absolute Gasteiger partial charge is 0.230 e. The van der Waals surface area contributed by atoms with Crippen molar-refractivity contribution in [2.24, 2.45) is 5.73 Å². The van der Waals surface area contributed by atoms with Gasteiger partial charge in [0.05, 0.1) is 16.3 Å². The number of hydrogen-bond donors (Lipinski definition) is 1. The fourth-order valence-electron chi connectivity index (χ4n) is 1.83. The quantitative estimate of drug-likeness (QED) is 0.863. The minimum atomic E-state index is -0.335. The molecule has 4 nitrogen and oxygen atoms in total. The van der Waals surface area contributed by atoms with Gasteiger partial charge in [-0.25, -0.2) is 4.98 Å². The van der Waals surface area contributed by atoms with Gasteiger partial charge in [0.15, 0.2) is 5.16 Å². The van der Waals surface area contributed by atoms with Gasteiger partial charge in [0, 0.05) is 11.6 Å². The molecule has 102 valence electrons. The summed E-state index contributed by atoms with van der Waals surface area (Å²) < 4.78 is 2.11. The topological polar surface area (TPSA) is 60.9 Å². The number of thioether (sulfide) groups is 1. The molecule has 1 aromatic heterocycles. The van der Waals surface area contributed by atoms with Crippen molar-refractivity contribution < 1.29 is 4.79 Å². The molecule has 0 aliphatic heterocycles. The molecule has 1 atom stereocenters. The van der Waals surface area contributed by atoms with Crippen LogP contribution in [0.25, 0.3) is 11.0 Å². The van der Waals surface area contributed by atoms with E-state index in [2.05, 4.69) is 16.5 Å². The van der Waals surface area contributed by atoms with E-state index in [1.807, 2.05) is 18.2 Å². The van der Waals surface area contributed by atoms with Crippen LogP contribution in [0.3, 0.4) is 0 Å². The molecule has 0 bridgehead atoms. The highest BCUT2D eigenvalue weighted by Gasteiger charge is 2.17. The number of carbonyl (C=O) groups excluding carboxylic acids is 1. The Morgan fingerprint density at radius 3 is 2.95 bits per heavy atom. The van der Waals surface area contributed by atoms with Crippen LogP contribution in [0, 0.1) is 0 Å². The molecule has 0 fully saturated rings. The molecular formula is C13H16ClN3OS. The van der Waals surface area contributed by atoms with Crippen molar-refractivity contribution in [2.75, 3.05) is 0 Å². The van der Waals surface area contributed by atoms with Gasteiger partial charge in [0.25, 0.3) is 0 Å². The number of aryl methyl sites for hydroxylation is 1. The van der Waals surface area contributed by atoms with E-state index in [9.17, 15) is 4.79 Å². The molecule has 0 unspecified atom stereocenters. The van der Waals surface area contributed by atoms with Gasteiger partial charge in [-0.05, 0) is 31.5 Å². The van der Waals surface area contributed by atoms with Gasteiger partial charge in [-0.3, -0.25) is 4.79 Å². The molecule has 0 saturated heterocycles. The van der Waals surface area contributed by atoms with Crippen LogP contribution in [-0.4, -0.2) is 20.7 Å². The van der Waals surface area contributed by atoms with Crippen LogP contribution in [0.2, 0.25) is 5.02 Å². The van der Waals surface area contributed by atoms with E-state index >= 15 is 0 Å². The number of primary amides is 1. The number of nitrogens with two attached hydrogens (primary N) is 1. The number of aromatic nitrogens is 2.